The van der Waals surface area contributed by atoms with Gasteiger partial charge in [0, 0.05) is 25.0 Å². The number of fused-ring (bicyclic) bond motifs is 1. The molecular weight excluding hydrogens is 290 g/mol. The van der Waals surface area contributed by atoms with Gasteiger partial charge in [-0.3, -0.25) is 10.00 Å². The molecule has 23 heavy (non-hydrogen) atoms. The lowest BCUT2D eigenvalue weighted by Crippen LogP contribution is -2.33. The van der Waals surface area contributed by atoms with Crippen LogP contribution >= 0.6 is 0 Å². The lowest BCUT2D eigenvalue weighted by molar-refractivity contribution is 0.220. The van der Waals surface area contributed by atoms with Crippen LogP contribution in [-0.4, -0.2) is 38.8 Å². The van der Waals surface area contributed by atoms with Gasteiger partial charge in [0.05, 0.1) is 12.2 Å². The van der Waals surface area contributed by atoms with Crippen molar-refractivity contribution in [2.75, 3.05) is 18.4 Å². The van der Waals surface area contributed by atoms with Crippen LogP contribution in [0.2, 0.25) is 0 Å². The van der Waals surface area contributed by atoms with Crippen molar-refractivity contribution in [1.82, 2.24) is 19.7 Å². The first kappa shape index (κ1) is 14.2. The molecule has 2 aromatic heterocycles. The van der Waals surface area contributed by atoms with E-state index in [0.717, 1.165) is 43.5 Å². The molecule has 1 aliphatic carbocycles. The van der Waals surface area contributed by atoms with Gasteiger partial charge in [0.25, 0.3) is 0 Å². The van der Waals surface area contributed by atoms with Gasteiger partial charge >= 0.3 is 6.03 Å². The van der Waals surface area contributed by atoms with E-state index in [9.17, 15) is 4.79 Å². The predicted molar refractivity (Wildman–Crippen MR) is 87.5 cm³/mol. The molecule has 1 fully saturated rings. The minimum absolute atomic E-state index is 0.0678. The molecule has 6 nitrogen and oxygen atoms in total. The molecule has 0 saturated carbocycles. The molecule has 1 saturated heterocycles. The highest BCUT2D eigenvalue weighted by Gasteiger charge is 2.28. The summed E-state index contributed by atoms with van der Waals surface area (Å²) in [7, 11) is 0. The Bertz CT molecular complexity index is 738. The number of likely N-dealkylation sites (tertiary alicyclic amines) is 1. The number of pyridine rings is 1. The molecule has 6 heteroatoms. The van der Waals surface area contributed by atoms with E-state index in [2.05, 4.69) is 21.5 Å². The number of nitrogens with zero attached hydrogens (tertiary/aromatic N) is 4. The molecular formula is C17H21N5O. The monoisotopic (exact) mass is 311 g/mol. The number of nitrogens with one attached hydrogen (secondary N) is 1. The van der Waals surface area contributed by atoms with Gasteiger partial charge in [-0.1, -0.05) is 6.07 Å². The molecule has 2 amide bonds. The van der Waals surface area contributed by atoms with Gasteiger partial charge in [-0.15, -0.1) is 0 Å². The van der Waals surface area contributed by atoms with E-state index in [1.165, 1.54) is 5.56 Å². The first-order valence-corrected chi connectivity index (χ1v) is 8.24. The van der Waals surface area contributed by atoms with Gasteiger partial charge < -0.3 is 4.90 Å². The molecule has 0 radical (unpaired) electrons. The first-order valence-electron chi connectivity index (χ1n) is 8.24. The number of carbonyl (C=O) groups excluding carboxylic acids is 1. The summed E-state index contributed by atoms with van der Waals surface area (Å²) in [4.78, 5) is 18.9. The van der Waals surface area contributed by atoms with Gasteiger partial charge in [-0.2, -0.15) is 5.10 Å². The third-order valence-electron chi connectivity index (χ3n) is 4.72. The second-order valence-electron chi connectivity index (χ2n) is 6.47. The Hall–Kier alpha value is -2.37. The fraction of sp³-hybridized carbons (Fsp3) is 0.471. The highest BCUT2D eigenvalue weighted by molar-refractivity contribution is 5.88. The van der Waals surface area contributed by atoms with Gasteiger partial charge in [0.15, 0.2) is 0 Å². The number of amides is 2. The number of aryl methyl sites for hydroxylation is 3. The van der Waals surface area contributed by atoms with Crippen LogP contribution in [0.5, 0.6) is 0 Å². The van der Waals surface area contributed by atoms with E-state index >= 15 is 0 Å². The highest BCUT2D eigenvalue weighted by atomic mass is 16.2. The largest absolute Gasteiger partial charge is 0.323 e. The van der Waals surface area contributed by atoms with Crippen molar-refractivity contribution in [3.05, 3.63) is 41.3 Å². The Morgan fingerprint density at radius 1 is 1.35 bits per heavy atom. The molecule has 1 unspecified atom stereocenters. The van der Waals surface area contributed by atoms with E-state index in [1.807, 2.05) is 35.0 Å². The van der Waals surface area contributed by atoms with Gasteiger partial charge in [-0.25, -0.2) is 9.78 Å². The summed E-state index contributed by atoms with van der Waals surface area (Å²) in [6.45, 7) is 3.47. The molecule has 0 aromatic carbocycles. The van der Waals surface area contributed by atoms with E-state index in [1.54, 1.807) is 0 Å². The Morgan fingerprint density at radius 2 is 2.26 bits per heavy atom. The normalized spacial score (nSPS) is 19.9. The van der Waals surface area contributed by atoms with Crippen molar-refractivity contribution >= 4 is 11.8 Å². The molecule has 1 atom stereocenters. The average molecular weight is 311 g/mol. The molecule has 1 N–H and O–H groups in total. The number of anilines is 1. The molecule has 120 valence electrons. The molecule has 3 heterocycles. The lowest BCUT2D eigenvalue weighted by atomic mass is 10.2. The summed E-state index contributed by atoms with van der Waals surface area (Å²) in [5, 5.41) is 7.30. The predicted octanol–water partition coefficient (Wildman–Crippen LogP) is 2.55. The zero-order valence-corrected chi connectivity index (χ0v) is 13.3. The molecule has 0 spiro atoms. The minimum atomic E-state index is -0.0678. The van der Waals surface area contributed by atoms with Crippen molar-refractivity contribution in [2.45, 2.75) is 38.6 Å². The number of urea groups is 1. The smallest absolute Gasteiger partial charge is 0.322 e. The maximum atomic E-state index is 12.4. The van der Waals surface area contributed by atoms with Gasteiger partial charge in [0.1, 0.15) is 5.82 Å². The van der Waals surface area contributed by atoms with Gasteiger partial charge in [0.2, 0.25) is 0 Å². The molecule has 1 aliphatic heterocycles. The van der Waals surface area contributed by atoms with Crippen LogP contribution in [0.4, 0.5) is 10.6 Å². The fourth-order valence-electron chi connectivity index (χ4n) is 3.45. The number of carbonyl (C=O) groups is 1. The number of rotatable bonds is 2. The first-order chi connectivity index (χ1) is 11.2. The molecule has 0 bridgehead atoms. The maximum Gasteiger partial charge on any atom is 0.323 e. The van der Waals surface area contributed by atoms with Crippen molar-refractivity contribution in [3.63, 3.8) is 0 Å². The van der Waals surface area contributed by atoms with E-state index in [4.69, 9.17) is 0 Å². The zero-order chi connectivity index (χ0) is 15.8. The van der Waals surface area contributed by atoms with Crippen molar-refractivity contribution < 1.29 is 4.79 Å². The summed E-state index contributed by atoms with van der Waals surface area (Å²) < 4.78 is 1.97. The number of aromatic nitrogens is 3. The van der Waals surface area contributed by atoms with Crippen LogP contribution in [0.1, 0.15) is 35.7 Å². The lowest BCUT2D eigenvalue weighted by Gasteiger charge is -2.17. The quantitative estimate of drug-likeness (QED) is 0.927. The molecule has 2 aromatic rings. The number of hydrogen-bond acceptors (Lipinski definition) is 3. The summed E-state index contributed by atoms with van der Waals surface area (Å²) >= 11 is 0. The molecule has 2 aliphatic rings. The highest BCUT2D eigenvalue weighted by Crippen LogP contribution is 2.24. The van der Waals surface area contributed by atoms with Crippen molar-refractivity contribution in [1.29, 1.82) is 0 Å². The van der Waals surface area contributed by atoms with E-state index in [0.29, 0.717) is 12.4 Å². The standard InChI is InChI=1S/C17H21N5O/c1-12-9-18-22(10-12)14-7-8-21(11-14)17(23)20-16-6-5-13-3-2-4-15(13)19-16/h5-6,9-10,14H,2-4,7-8,11H2,1H3,(H,19,20,23). The van der Waals surface area contributed by atoms with Crippen LogP contribution < -0.4 is 5.32 Å². The number of hydrogen-bond donors (Lipinski definition) is 1. The van der Waals surface area contributed by atoms with Crippen LogP contribution in [0.25, 0.3) is 0 Å². The summed E-state index contributed by atoms with van der Waals surface area (Å²) in [6.07, 6.45) is 8.12. The third-order valence-corrected chi connectivity index (χ3v) is 4.72. The van der Waals surface area contributed by atoms with Crippen molar-refractivity contribution in [2.24, 2.45) is 0 Å². The Kier molecular flexibility index (Phi) is 3.52. The zero-order valence-electron chi connectivity index (χ0n) is 13.3. The second kappa shape index (κ2) is 5.68. The topological polar surface area (TPSA) is 63.1 Å². The van der Waals surface area contributed by atoms with Crippen LogP contribution in [0.3, 0.4) is 0 Å². The Labute approximate surface area is 135 Å². The SMILES string of the molecule is Cc1cnn(C2CCN(C(=O)Nc3ccc4c(n3)CCC4)C2)c1. The van der Waals surface area contributed by atoms with Gasteiger partial charge in [-0.05, 0) is 49.8 Å². The Balaban J connectivity index is 1.40. The summed E-state index contributed by atoms with van der Waals surface area (Å²) in [5.74, 6) is 0.661. The van der Waals surface area contributed by atoms with Crippen molar-refractivity contribution in [3.8, 4) is 0 Å². The van der Waals surface area contributed by atoms with E-state index < -0.39 is 0 Å². The Morgan fingerprint density at radius 3 is 3.09 bits per heavy atom. The van der Waals surface area contributed by atoms with Crippen LogP contribution in [0.15, 0.2) is 24.5 Å². The second-order valence-corrected chi connectivity index (χ2v) is 6.47. The average Bonchev–Trinajstić information content (AvgIpc) is 3.26. The molecule has 4 rings (SSSR count). The van der Waals surface area contributed by atoms with Crippen LogP contribution in [-0.2, 0) is 12.8 Å². The van der Waals surface area contributed by atoms with E-state index in [-0.39, 0.29) is 12.1 Å². The minimum Gasteiger partial charge on any atom is -0.322 e. The third kappa shape index (κ3) is 2.81. The maximum absolute atomic E-state index is 12.4. The summed E-state index contributed by atoms with van der Waals surface area (Å²) in [6, 6.07) is 4.20. The summed E-state index contributed by atoms with van der Waals surface area (Å²) in [5.41, 5.74) is 3.60. The fourth-order valence-corrected chi connectivity index (χ4v) is 3.45. The van der Waals surface area contributed by atoms with Crippen LogP contribution in [0, 0.1) is 6.92 Å².